The third-order valence-corrected chi connectivity index (χ3v) is 7.08. The Morgan fingerprint density at radius 1 is 1.11 bits per heavy atom. The first kappa shape index (κ1) is 22.7. The highest BCUT2D eigenvalue weighted by Gasteiger charge is 2.61. The van der Waals surface area contributed by atoms with Gasteiger partial charge in [0.25, 0.3) is 0 Å². The lowest BCUT2D eigenvalue weighted by atomic mass is 9.85. The summed E-state index contributed by atoms with van der Waals surface area (Å²) < 4.78 is 9.84. The Hall–Kier alpha value is -4.12. The molecule has 0 unspecified atom stereocenters. The number of ketones is 1. The number of allylic oxidation sites excluding steroid dienone is 1. The van der Waals surface area contributed by atoms with Gasteiger partial charge in [0.05, 0.1) is 42.5 Å². The minimum atomic E-state index is -1.39. The molecule has 2 aliphatic heterocycles. The monoisotopic (exact) mass is 494 g/mol. The third-order valence-electron chi connectivity index (χ3n) is 6.20. The van der Waals surface area contributed by atoms with Gasteiger partial charge in [0, 0.05) is 11.1 Å². The van der Waals surface area contributed by atoms with Gasteiger partial charge in [-0.15, -0.1) is 11.3 Å². The van der Waals surface area contributed by atoms with E-state index in [2.05, 4.69) is 4.99 Å². The van der Waals surface area contributed by atoms with Crippen molar-refractivity contribution in [1.29, 1.82) is 0 Å². The molecular weight excluding hydrogens is 476 g/mol. The predicted octanol–water partition coefficient (Wildman–Crippen LogP) is 2.19. The standard InChI is InChI=1S/C24H18N2O8S/c1-3-34-23(31)17-14-13(16(25-17)15-18(27)10-6-4-5-7-11(10)19(15)28)21(29)26(22(14)30)12-8-9-35-20(12)24(32)33-2/h4-9,13-14,17,27H,3H2,1-2H3/t13-,14-,17-/m1/s1. The molecule has 0 radical (unpaired) electrons. The number of esters is 2. The molecular formula is C24H18N2O8S. The van der Waals surface area contributed by atoms with Gasteiger partial charge < -0.3 is 14.6 Å². The number of Topliss-reactive ketones (excluding diaryl/α,β-unsaturated/α-hetero) is 1. The minimum Gasteiger partial charge on any atom is -0.506 e. The number of thiophene rings is 1. The molecule has 1 aromatic heterocycles. The van der Waals surface area contributed by atoms with Crippen LogP contribution >= 0.6 is 11.3 Å². The number of fused-ring (bicyclic) bond motifs is 2. The maximum atomic E-state index is 13.6. The van der Waals surface area contributed by atoms with Gasteiger partial charge in [-0.05, 0) is 18.4 Å². The van der Waals surface area contributed by atoms with E-state index in [1.807, 2.05) is 0 Å². The second-order valence-electron chi connectivity index (χ2n) is 7.95. The second-order valence-corrected chi connectivity index (χ2v) is 8.87. The SMILES string of the molecule is CCOC(=O)[C@@H]1N=C(C2=C(O)c3ccccc3C2=O)[C@@H]2C(=O)N(c3ccsc3C(=O)OC)C(=O)[C@H]21. The van der Waals surface area contributed by atoms with Crippen LogP contribution < -0.4 is 4.90 Å². The Labute approximate surface area is 202 Å². The number of nitrogens with zero attached hydrogens (tertiary/aromatic N) is 2. The van der Waals surface area contributed by atoms with Crippen LogP contribution in [0.15, 0.2) is 46.3 Å². The molecule has 11 heteroatoms. The van der Waals surface area contributed by atoms with Crippen molar-refractivity contribution in [3.05, 3.63) is 57.3 Å². The van der Waals surface area contributed by atoms with Gasteiger partial charge in [-0.1, -0.05) is 24.3 Å². The Balaban J connectivity index is 1.64. The normalized spacial score (nSPS) is 22.9. The number of carbonyl (C=O) groups is 5. The number of aliphatic hydroxyl groups excluding tert-OH is 1. The molecule has 0 saturated carbocycles. The van der Waals surface area contributed by atoms with Crippen molar-refractivity contribution in [2.24, 2.45) is 16.8 Å². The summed E-state index contributed by atoms with van der Waals surface area (Å²) in [5, 5.41) is 12.4. The predicted molar refractivity (Wildman–Crippen MR) is 123 cm³/mol. The molecule has 35 heavy (non-hydrogen) atoms. The molecule has 10 nitrogen and oxygen atoms in total. The Bertz CT molecular complexity index is 1390. The fourth-order valence-corrected chi connectivity index (χ4v) is 5.51. The molecule has 1 N–H and O–H groups in total. The molecule has 2 amide bonds. The van der Waals surface area contributed by atoms with Gasteiger partial charge in [-0.2, -0.15) is 0 Å². The van der Waals surface area contributed by atoms with Gasteiger partial charge in [-0.3, -0.25) is 19.4 Å². The van der Waals surface area contributed by atoms with Crippen LogP contribution in [0.5, 0.6) is 0 Å². The summed E-state index contributed by atoms with van der Waals surface area (Å²) in [7, 11) is 1.17. The average Bonchev–Trinajstić information content (AvgIpc) is 3.59. The number of carbonyl (C=O) groups excluding carboxylic acids is 5. The third kappa shape index (κ3) is 3.15. The van der Waals surface area contributed by atoms with Crippen LogP contribution in [0, 0.1) is 11.8 Å². The van der Waals surface area contributed by atoms with Gasteiger partial charge in [0.2, 0.25) is 11.8 Å². The Kier molecular flexibility index (Phi) is 5.36. The largest absolute Gasteiger partial charge is 0.506 e. The molecule has 2 aromatic rings. The number of amides is 2. The fraction of sp³-hybridized carbons (Fsp3) is 0.250. The van der Waals surface area contributed by atoms with Gasteiger partial charge in [0.15, 0.2) is 11.8 Å². The lowest BCUT2D eigenvalue weighted by Crippen LogP contribution is -2.37. The zero-order valence-electron chi connectivity index (χ0n) is 18.5. The molecule has 178 valence electrons. The van der Waals surface area contributed by atoms with E-state index in [4.69, 9.17) is 9.47 Å². The number of methoxy groups -OCH3 is 1. The number of anilines is 1. The number of aliphatic hydroxyl groups is 1. The number of aliphatic imine (C=N–C) groups is 1. The van der Waals surface area contributed by atoms with E-state index in [9.17, 15) is 29.1 Å². The van der Waals surface area contributed by atoms with Crippen molar-refractivity contribution in [2.75, 3.05) is 18.6 Å². The number of rotatable bonds is 5. The maximum absolute atomic E-state index is 13.6. The zero-order valence-corrected chi connectivity index (χ0v) is 19.3. The number of imide groups is 1. The van der Waals surface area contributed by atoms with E-state index in [0.717, 1.165) is 16.2 Å². The lowest BCUT2D eigenvalue weighted by molar-refractivity contribution is -0.147. The highest BCUT2D eigenvalue weighted by molar-refractivity contribution is 7.12. The average molecular weight is 494 g/mol. The first-order valence-electron chi connectivity index (χ1n) is 10.7. The fourth-order valence-electron chi connectivity index (χ4n) is 4.72. The molecule has 0 spiro atoms. The van der Waals surface area contributed by atoms with Crippen molar-refractivity contribution in [2.45, 2.75) is 13.0 Å². The summed E-state index contributed by atoms with van der Waals surface area (Å²) in [5.41, 5.74) is 0.133. The maximum Gasteiger partial charge on any atom is 0.350 e. The second kappa shape index (κ2) is 8.27. The molecule has 3 heterocycles. The van der Waals surface area contributed by atoms with Crippen molar-refractivity contribution in [1.82, 2.24) is 0 Å². The van der Waals surface area contributed by atoms with Crippen molar-refractivity contribution in [3.8, 4) is 0 Å². The zero-order chi connectivity index (χ0) is 25.0. The van der Waals surface area contributed by atoms with Crippen molar-refractivity contribution >= 4 is 58.0 Å². The molecule has 1 aromatic carbocycles. The van der Waals surface area contributed by atoms with E-state index >= 15 is 0 Å². The van der Waals surface area contributed by atoms with Crippen LogP contribution in [0.4, 0.5) is 5.69 Å². The first-order chi connectivity index (χ1) is 16.8. The molecule has 5 rings (SSSR count). The van der Waals surface area contributed by atoms with E-state index in [1.54, 1.807) is 25.1 Å². The van der Waals surface area contributed by atoms with E-state index in [0.29, 0.717) is 0 Å². The van der Waals surface area contributed by atoms with Crippen molar-refractivity contribution in [3.63, 3.8) is 0 Å². The highest BCUT2D eigenvalue weighted by Crippen LogP contribution is 2.45. The summed E-state index contributed by atoms with van der Waals surface area (Å²) >= 11 is 0.989. The quantitative estimate of drug-likeness (QED) is 0.493. The number of hydrogen-bond donors (Lipinski definition) is 1. The van der Waals surface area contributed by atoms with E-state index in [1.165, 1.54) is 24.6 Å². The van der Waals surface area contributed by atoms with Crippen LogP contribution in [-0.2, 0) is 23.9 Å². The summed E-state index contributed by atoms with van der Waals surface area (Å²) in [6.07, 6.45) is 0. The highest BCUT2D eigenvalue weighted by atomic mass is 32.1. The van der Waals surface area contributed by atoms with E-state index < -0.39 is 47.4 Å². The molecule has 3 atom stereocenters. The van der Waals surface area contributed by atoms with Crippen molar-refractivity contribution < 1.29 is 38.6 Å². The van der Waals surface area contributed by atoms with Crippen LogP contribution in [0.1, 0.15) is 32.5 Å². The van der Waals surface area contributed by atoms with Crippen LogP contribution in [0.3, 0.4) is 0 Å². The Morgan fingerprint density at radius 2 is 1.83 bits per heavy atom. The summed E-state index contributed by atoms with van der Waals surface area (Å²) in [6.45, 7) is 1.60. The summed E-state index contributed by atoms with van der Waals surface area (Å²) in [5.74, 6) is -6.65. The minimum absolute atomic E-state index is 0.0127. The smallest absolute Gasteiger partial charge is 0.350 e. The summed E-state index contributed by atoms with van der Waals surface area (Å²) in [6, 6.07) is 6.38. The molecule has 1 saturated heterocycles. The molecule has 3 aliphatic rings. The Morgan fingerprint density at radius 3 is 2.49 bits per heavy atom. The van der Waals surface area contributed by atoms with Crippen LogP contribution in [-0.4, -0.2) is 60.1 Å². The number of hydrogen-bond acceptors (Lipinski definition) is 10. The molecule has 0 bridgehead atoms. The van der Waals surface area contributed by atoms with Gasteiger partial charge in [-0.25, -0.2) is 14.5 Å². The van der Waals surface area contributed by atoms with Gasteiger partial charge in [0.1, 0.15) is 10.6 Å². The van der Waals surface area contributed by atoms with Crippen LogP contribution in [0.2, 0.25) is 0 Å². The molecule has 1 fully saturated rings. The number of benzene rings is 1. The topological polar surface area (TPSA) is 140 Å². The lowest BCUT2D eigenvalue weighted by Gasteiger charge is -2.17. The van der Waals surface area contributed by atoms with Gasteiger partial charge >= 0.3 is 11.9 Å². The molecule has 1 aliphatic carbocycles. The first-order valence-corrected chi connectivity index (χ1v) is 11.5. The van der Waals surface area contributed by atoms with E-state index in [-0.39, 0.29) is 45.3 Å². The van der Waals surface area contributed by atoms with Crippen LogP contribution in [0.25, 0.3) is 5.76 Å². The summed E-state index contributed by atoms with van der Waals surface area (Å²) in [4.78, 5) is 70.5. The number of ether oxygens (including phenoxy) is 2.